The van der Waals surface area contributed by atoms with Crippen molar-refractivity contribution in [2.45, 2.75) is 27.3 Å². The van der Waals surface area contributed by atoms with Crippen molar-refractivity contribution in [2.24, 2.45) is 5.92 Å². The van der Waals surface area contributed by atoms with Gasteiger partial charge in [-0.15, -0.1) is 0 Å². The Morgan fingerprint density at radius 1 is 1.18 bits per heavy atom. The summed E-state index contributed by atoms with van der Waals surface area (Å²) in [5, 5.41) is 5.73. The topological polar surface area (TPSA) is 76.7 Å². The zero-order valence-electron chi connectivity index (χ0n) is 16.5. The molecule has 0 atom stereocenters. The van der Waals surface area contributed by atoms with Gasteiger partial charge in [0.05, 0.1) is 18.2 Å². The van der Waals surface area contributed by atoms with E-state index in [4.69, 9.17) is 9.47 Å². The van der Waals surface area contributed by atoms with Crippen LogP contribution in [-0.4, -0.2) is 25.5 Å². The molecule has 2 N–H and O–H groups in total. The molecule has 0 aliphatic rings. The maximum atomic E-state index is 12.6. The molecule has 2 rings (SSSR count). The fraction of sp³-hybridized carbons (Fsp3) is 0.333. The molecule has 2 amide bonds. The fourth-order valence-corrected chi connectivity index (χ4v) is 3.02. The summed E-state index contributed by atoms with van der Waals surface area (Å²) in [5.41, 5.74) is 2.04. The van der Waals surface area contributed by atoms with E-state index in [1.165, 1.54) is 7.11 Å². The van der Waals surface area contributed by atoms with Crippen molar-refractivity contribution < 1.29 is 19.1 Å². The number of carbonyl (C=O) groups excluding carboxylic acids is 2. The molecule has 0 aromatic heterocycles. The number of amides is 2. The molecule has 0 aliphatic heterocycles. The van der Waals surface area contributed by atoms with Gasteiger partial charge in [-0.05, 0) is 52.7 Å². The first-order valence-corrected chi connectivity index (χ1v) is 9.83. The first-order chi connectivity index (χ1) is 13.3. The van der Waals surface area contributed by atoms with Crippen LogP contribution in [0.2, 0.25) is 0 Å². The minimum absolute atomic E-state index is 0.0486. The molecule has 0 aliphatic carbocycles. The summed E-state index contributed by atoms with van der Waals surface area (Å²) in [6.07, 6.45) is 0. The summed E-state index contributed by atoms with van der Waals surface area (Å²) in [5.74, 6) is 0.664. The van der Waals surface area contributed by atoms with Crippen molar-refractivity contribution in [2.75, 3.05) is 19.0 Å². The highest BCUT2D eigenvalue weighted by atomic mass is 79.9. The third-order valence-corrected chi connectivity index (χ3v) is 4.54. The van der Waals surface area contributed by atoms with Crippen molar-refractivity contribution in [1.29, 1.82) is 0 Å². The number of methoxy groups -OCH3 is 1. The lowest BCUT2D eigenvalue weighted by Crippen LogP contribution is -2.23. The maximum Gasteiger partial charge on any atom is 0.251 e. The van der Waals surface area contributed by atoms with Gasteiger partial charge in [-0.25, -0.2) is 0 Å². The Morgan fingerprint density at radius 3 is 2.57 bits per heavy atom. The lowest BCUT2D eigenvalue weighted by Gasteiger charge is -2.14. The molecular formula is C21H25BrN2O4. The van der Waals surface area contributed by atoms with Crippen LogP contribution in [0.4, 0.5) is 5.69 Å². The molecule has 0 unspecified atom stereocenters. The largest absolute Gasteiger partial charge is 0.493 e. The highest BCUT2D eigenvalue weighted by molar-refractivity contribution is 9.10. The second-order valence-electron chi connectivity index (χ2n) is 6.45. The molecule has 0 fully saturated rings. The number of hydrogen-bond donors (Lipinski definition) is 2. The monoisotopic (exact) mass is 448 g/mol. The number of carbonyl (C=O) groups is 2. The standard InChI is InChI=1S/C21H25BrN2O4/c1-5-28-19-17(22)10-15(11-18(19)27-4)21(26)23-12-14-7-6-8-16(9-14)24-20(25)13(2)3/h6-11,13H,5,12H2,1-4H3,(H,23,26)(H,24,25). The van der Waals surface area contributed by atoms with Crippen LogP contribution in [-0.2, 0) is 11.3 Å². The number of ether oxygens (including phenoxy) is 2. The Morgan fingerprint density at radius 2 is 1.93 bits per heavy atom. The molecule has 0 saturated heterocycles. The summed E-state index contributed by atoms with van der Waals surface area (Å²) in [6, 6.07) is 10.7. The van der Waals surface area contributed by atoms with Crippen LogP contribution in [0.15, 0.2) is 40.9 Å². The lowest BCUT2D eigenvalue weighted by molar-refractivity contribution is -0.118. The van der Waals surface area contributed by atoms with Crippen molar-refractivity contribution in [1.82, 2.24) is 5.32 Å². The normalized spacial score (nSPS) is 10.5. The van der Waals surface area contributed by atoms with Crippen molar-refractivity contribution in [3.63, 3.8) is 0 Å². The van der Waals surface area contributed by atoms with Crippen LogP contribution >= 0.6 is 15.9 Å². The first-order valence-electron chi connectivity index (χ1n) is 9.04. The second-order valence-corrected chi connectivity index (χ2v) is 7.30. The van der Waals surface area contributed by atoms with Gasteiger partial charge < -0.3 is 20.1 Å². The number of hydrogen-bond acceptors (Lipinski definition) is 4. The molecule has 28 heavy (non-hydrogen) atoms. The molecule has 0 saturated carbocycles. The number of anilines is 1. The third-order valence-electron chi connectivity index (χ3n) is 3.95. The molecule has 0 heterocycles. The smallest absolute Gasteiger partial charge is 0.251 e. The van der Waals surface area contributed by atoms with E-state index < -0.39 is 0 Å². The van der Waals surface area contributed by atoms with Gasteiger partial charge in [0, 0.05) is 23.7 Å². The number of rotatable bonds is 8. The predicted octanol–water partition coefficient (Wildman–Crippen LogP) is 4.38. The fourth-order valence-electron chi connectivity index (χ4n) is 2.47. The highest BCUT2D eigenvalue weighted by Gasteiger charge is 2.15. The summed E-state index contributed by atoms with van der Waals surface area (Å²) >= 11 is 3.42. The van der Waals surface area contributed by atoms with Crippen molar-refractivity contribution in [3.8, 4) is 11.5 Å². The minimum Gasteiger partial charge on any atom is -0.493 e. The van der Waals surface area contributed by atoms with E-state index in [-0.39, 0.29) is 17.7 Å². The van der Waals surface area contributed by atoms with Gasteiger partial charge in [0.15, 0.2) is 11.5 Å². The van der Waals surface area contributed by atoms with Crippen LogP contribution in [0.25, 0.3) is 0 Å². The Bertz CT molecular complexity index is 852. The second kappa shape index (κ2) is 10.1. The summed E-state index contributed by atoms with van der Waals surface area (Å²) in [6.45, 7) is 6.37. The number of nitrogens with one attached hydrogen (secondary N) is 2. The molecular weight excluding hydrogens is 424 g/mol. The van der Waals surface area contributed by atoms with Gasteiger partial charge in [-0.1, -0.05) is 26.0 Å². The van der Waals surface area contributed by atoms with Crippen LogP contribution in [0.5, 0.6) is 11.5 Å². The van der Waals surface area contributed by atoms with E-state index >= 15 is 0 Å². The summed E-state index contributed by atoms with van der Waals surface area (Å²) in [4.78, 5) is 24.4. The van der Waals surface area contributed by atoms with E-state index in [1.807, 2.05) is 45.0 Å². The maximum absolute atomic E-state index is 12.6. The van der Waals surface area contributed by atoms with E-state index in [0.717, 1.165) is 5.56 Å². The molecule has 0 spiro atoms. The molecule has 2 aromatic carbocycles. The zero-order valence-corrected chi connectivity index (χ0v) is 18.1. The van der Waals surface area contributed by atoms with Crippen LogP contribution < -0.4 is 20.1 Å². The van der Waals surface area contributed by atoms with Crippen LogP contribution in [0, 0.1) is 5.92 Å². The molecule has 150 valence electrons. The zero-order chi connectivity index (χ0) is 20.7. The van der Waals surface area contributed by atoms with Gasteiger partial charge in [0.1, 0.15) is 0 Å². The average molecular weight is 449 g/mol. The van der Waals surface area contributed by atoms with Crippen LogP contribution in [0.1, 0.15) is 36.7 Å². The lowest BCUT2D eigenvalue weighted by atomic mass is 10.1. The molecule has 7 heteroatoms. The Labute approximate surface area is 173 Å². The molecule has 2 aromatic rings. The van der Waals surface area contributed by atoms with Crippen LogP contribution in [0.3, 0.4) is 0 Å². The predicted molar refractivity (Wildman–Crippen MR) is 113 cm³/mol. The number of halogens is 1. The SMILES string of the molecule is CCOc1c(Br)cc(C(=O)NCc2cccc(NC(=O)C(C)C)c2)cc1OC. The molecule has 0 radical (unpaired) electrons. The average Bonchev–Trinajstić information content (AvgIpc) is 2.67. The van der Waals surface area contributed by atoms with Gasteiger partial charge in [0.25, 0.3) is 5.91 Å². The first kappa shape index (κ1) is 21.8. The summed E-state index contributed by atoms with van der Waals surface area (Å²) in [7, 11) is 1.53. The van der Waals surface area contributed by atoms with E-state index in [1.54, 1.807) is 12.1 Å². The third kappa shape index (κ3) is 5.73. The molecule has 6 nitrogen and oxygen atoms in total. The Hall–Kier alpha value is -2.54. The van der Waals surface area contributed by atoms with Gasteiger partial charge in [-0.2, -0.15) is 0 Å². The van der Waals surface area contributed by atoms with E-state index in [9.17, 15) is 9.59 Å². The minimum atomic E-state index is -0.237. The Kier molecular flexibility index (Phi) is 7.87. The van der Waals surface area contributed by atoms with E-state index in [0.29, 0.717) is 40.4 Å². The van der Waals surface area contributed by atoms with E-state index in [2.05, 4.69) is 26.6 Å². The van der Waals surface area contributed by atoms with Gasteiger partial charge >= 0.3 is 0 Å². The summed E-state index contributed by atoms with van der Waals surface area (Å²) < 4.78 is 11.5. The molecule has 0 bridgehead atoms. The highest BCUT2D eigenvalue weighted by Crippen LogP contribution is 2.36. The van der Waals surface area contributed by atoms with Gasteiger partial charge in [0.2, 0.25) is 5.91 Å². The quantitative estimate of drug-likeness (QED) is 0.627. The Balaban J connectivity index is 2.08. The van der Waals surface area contributed by atoms with Crippen molar-refractivity contribution in [3.05, 3.63) is 52.0 Å². The number of benzene rings is 2. The van der Waals surface area contributed by atoms with Crippen molar-refractivity contribution >= 4 is 33.4 Å². The van der Waals surface area contributed by atoms with Gasteiger partial charge in [-0.3, -0.25) is 9.59 Å².